The maximum absolute atomic E-state index is 14.4. The van der Waals surface area contributed by atoms with E-state index in [4.69, 9.17) is 9.47 Å². The standard InChI is InChI=1S/C15H18F2O4/c1-20-12-10(17)8-9(16)11(13(12)21-2)15(14(18)19)6-4-3-5-7-15/h8H,3-7H2,1-2H3,(H,18,19). The monoisotopic (exact) mass is 300 g/mol. The first-order valence-electron chi connectivity index (χ1n) is 6.81. The summed E-state index contributed by atoms with van der Waals surface area (Å²) in [6.45, 7) is 0. The Morgan fingerprint density at radius 3 is 2.14 bits per heavy atom. The molecule has 0 atom stereocenters. The number of carboxylic acid groups (broad SMARTS) is 1. The molecule has 0 amide bonds. The second-order valence-corrected chi connectivity index (χ2v) is 5.23. The number of carboxylic acids is 1. The zero-order valence-corrected chi connectivity index (χ0v) is 12.0. The summed E-state index contributed by atoms with van der Waals surface area (Å²) >= 11 is 0. The van der Waals surface area contributed by atoms with Gasteiger partial charge in [0.25, 0.3) is 0 Å². The predicted molar refractivity (Wildman–Crippen MR) is 71.9 cm³/mol. The molecule has 0 aliphatic heterocycles. The van der Waals surface area contributed by atoms with Crippen LogP contribution < -0.4 is 9.47 Å². The van der Waals surface area contributed by atoms with Crippen molar-refractivity contribution >= 4 is 5.97 Å². The lowest BCUT2D eigenvalue weighted by Crippen LogP contribution is -2.39. The number of hydrogen-bond donors (Lipinski definition) is 1. The number of hydrogen-bond acceptors (Lipinski definition) is 3. The first-order chi connectivity index (χ1) is 9.97. The van der Waals surface area contributed by atoms with Crippen molar-refractivity contribution in [2.24, 2.45) is 0 Å². The van der Waals surface area contributed by atoms with Crippen LogP contribution in [0.3, 0.4) is 0 Å². The van der Waals surface area contributed by atoms with Gasteiger partial charge in [0, 0.05) is 6.07 Å². The fourth-order valence-corrected chi connectivity index (χ4v) is 3.14. The lowest BCUT2D eigenvalue weighted by Gasteiger charge is -2.35. The zero-order chi connectivity index (χ0) is 15.6. The molecule has 1 aromatic rings. The van der Waals surface area contributed by atoms with Crippen molar-refractivity contribution in [3.63, 3.8) is 0 Å². The van der Waals surface area contributed by atoms with Gasteiger partial charge in [-0.3, -0.25) is 4.79 Å². The van der Waals surface area contributed by atoms with Gasteiger partial charge in [0.05, 0.1) is 25.2 Å². The molecule has 116 valence electrons. The fourth-order valence-electron chi connectivity index (χ4n) is 3.14. The summed E-state index contributed by atoms with van der Waals surface area (Å²) in [4.78, 5) is 11.8. The van der Waals surface area contributed by atoms with Gasteiger partial charge in [0.2, 0.25) is 0 Å². The highest BCUT2D eigenvalue weighted by molar-refractivity contribution is 5.83. The van der Waals surface area contributed by atoms with E-state index in [-0.39, 0.29) is 17.1 Å². The highest BCUT2D eigenvalue weighted by Gasteiger charge is 2.46. The maximum Gasteiger partial charge on any atom is 0.314 e. The van der Waals surface area contributed by atoms with Crippen LogP contribution in [0.5, 0.6) is 11.5 Å². The molecule has 1 fully saturated rings. The Balaban J connectivity index is 2.73. The van der Waals surface area contributed by atoms with E-state index < -0.39 is 23.0 Å². The number of benzene rings is 1. The molecule has 1 aromatic carbocycles. The third-order valence-corrected chi connectivity index (χ3v) is 4.15. The van der Waals surface area contributed by atoms with Crippen molar-refractivity contribution in [2.45, 2.75) is 37.5 Å². The van der Waals surface area contributed by atoms with Gasteiger partial charge in [0.15, 0.2) is 17.3 Å². The van der Waals surface area contributed by atoms with E-state index in [0.29, 0.717) is 31.7 Å². The van der Waals surface area contributed by atoms with Crippen LogP contribution in [0.15, 0.2) is 6.07 Å². The third-order valence-electron chi connectivity index (χ3n) is 4.15. The summed E-state index contributed by atoms with van der Waals surface area (Å²) in [5.74, 6) is -3.37. The van der Waals surface area contributed by atoms with Gasteiger partial charge in [-0.05, 0) is 12.8 Å². The predicted octanol–water partition coefficient (Wildman–Crippen LogP) is 3.27. The van der Waals surface area contributed by atoms with Crippen molar-refractivity contribution in [3.8, 4) is 11.5 Å². The molecule has 1 N–H and O–H groups in total. The molecule has 0 spiro atoms. The van der Waals surface area contributed by atoms with Crippen LogP contribution in [0.2, 0.25) is 0 Å². The van der Waals surface area contributed by atoms with E-state index in [9.17, 15) is 18.7 Å². The largest absolute Gasteiger partial charge is 0.492 e. The third kappa shape index (κ3) is 2.43. The van der Waals surface area contributed by atoms with Gasteiger partial charge in [-0.1, -0.05) is 19.3 Å². The summed E-state index contributed by atoms with van der Waals surface area (Å²) in [6.07, 6.45) is 2.84. The van der Waals surface area contributed by atoms with Crippen LogP contribution in [-0.4, -0.2) is 25.3 Å². The Labute approximate surface area is 121 Å². The van der Waals surface area contributed by atoms with Crippen LogP contribution in [0, 0.1) is 11.6 Å². The number of carbonyl (C=O) groups is 1. The number of methoxy groups -OCH3 is 2. The average molecular weight is 300 g/mol. The minimum atomic E-state index is -1.39. The molecular weight excluding hydrogens is 282 g/mol. The highest BCUT2D eigenvalue weighted by atomic mass is 19.1. The molecule has 0 unspecified atom stereocenters. The lowest BCUT2D eigenvalue weighted by atomic mass is 9.69. The van der Waals surface area contributed by atoms with Crippen LogP contribution >= 0.6 is 0 Å². The minimum Gasteiger partial charge on any atom is -0.492 e. The maximum atomic E-state index is 14.4. The lowest BCUT2D eigenvalue weighted by molar-refractivity contribution is -0.145. The summed E-state index contributed by atoms with van der Waals surface area (Å²) in [5.41, 5.74) is -1.51. The quantitative estimate of drug-likeness (QED) is 0.927. The second kappa shape index (κ2) is 5.87. The van der Waals surface area contributed by atoms with Crippen molar-refractivity contribution < 1.29 is 28.2 Å². The molecule has 6 heteroatoms. The Morgan fingerprint density at radius 1 is 1.10 bits per heavy atom. The van der Waals surface area contributed by atoms with E-state index in [0.717, 1.165) is 6.42 Å². The molecule has 1 aliphatic rings. The van der Waals surface area contributed by atoms with E-state index in [1.54, 1.807) is 0 Å². The molecule has 0 heterocycles. The van der Waals surface area contributed by atoms with Gasteiger partial charge < -0.3 is 14.6 Å². The van der Waals surface area contributed by atoms with E-state index >= 15 is 0 Å². The molecule has 2 rings (SSSR count). The number of rotatable bonds is 4. The second-order valence-electron chi connectivity index (χ2n) is 5.23. The van der Waals surface area contributed by atoms with E-state index in [1.807, 2.05) is 0 Å². The summed E-state index contributed by atoms with van der Waals surface area (Å²) in [5, 5.41) is 9.66. The summed E-state index contributed by atoms with van der Waals surface area (Å²) in [6, 6.07) is 0.663. The van der Waals surface area contributed by atoms with Gasteiger partial charge in [-0.25, -0.2) is 8.78 Å². The molecule has 1 aliphatic carbocycles. The Hall–Kier alpha value is -1.85. The Kier molecular flexibility index (Phi) is 4.34. The van der Waals surface area contributed by atoms with Gasteiger partial charge in [0.1, 0.15) is 5.82 Å². The molecule has 4 nitrogen and oxygen atoms in total. The topological polar surface area (TPSA) is 55.8 Å². The summed E-state index contributed by atoms with van der Waals surface area (Å²) < 4.78 is 38.2. The van der Waals surface area contributed by atoms with Crippen LogP contribution in [0.25, 0.3) is 0 Å². The van der Waals surface area contributed by atoms with Gasteiger partial charge in [-0.2, -0.15) is 0 Å². The molecular formula is C15H18F2O4. The molecule has 0 aromatic heterocycles. The van der Waals surface area contributed by atoms with E-state index in [2.05, 4.69) is 0 Å². The fraction of sp³-hybridized carbons (Fsp3) is 0.533. The van der Waals surface area contributed by atoms with Crippen molar-refractivity contribution in [1.29, 1.82) is 0 Å². The number of ether oxygens (including phenoxy) is 2. The smallest absolute Gasteiger partial charge is 0.314 e. The van der Waals surface area contributed by atoms with Gasteiger partial charge >= 0.3 is 5.97 Å². The van der Waals surface area contributed by atoms with Crippen molar-refractivity contribution in [2.75, 3.05) is 14.2 Å². The Morgan fingerprint density at radius 2 is 1.67 bits per heavy atom. The van der Waals surface area contributed by atoms with Crippen LogP contribution in [-0.2, 0) is 10.2 Å². The van der Waals surface area contributed by atoms with Crippen LogP contribution in [0.1, 0.15) is 37.7 Å². The molecule has 21 heavy (non-hydrogen) atoms. The first kappa shape index (κ1) is 15.5. The molecule has 0 radical (unpaired) electrons. The number of halogens is 2. The van der Waals surface area contributed by atoms with Gasteiger partial charge in [-0.15, -0.1) is 0 Å². The zero-order valence-electron chi connectivity index (χ0n) is 12.0. The van der Waals surface area contributed by atoms with Crippen LogP contribution in [0.4, 0.5) is 8.78 Å². The molecule has 0 saturated heterocycles. The SMILES string of the molecule is COc1c(F)cc(F)c(C2(C(=O)O)CCCCC2)c1OC. The molecule has 1 saturated carbocycles. The van der Waals surface area contributed by atoms with Crippen molar-refractivity contribution in [1.82, 2.24) is 0 Å². The van der Waals surface area contributed by atoms with E-state index in [1.165, 1.54) is 14.2 Å². The molecule has 0 bridgehead atoms. The number of aliphatic carboxylic acids is 1. The highest BCUT2D eigenvalue weighted by Crippen LogP contribution is 2.48. The average Bonchev–Trinajstić information content (AvgIpc) is 2.46. The minimum absolute atomic E-state index is 0.115. The summed E-state index contributed by atoms with van der Waals surface area (Å²) in [7, 11) is 2.48. The Bertz CT molecular complexity index is 551. The first-order valence-corrected chi connectivity index (χ1v) is 6.81. The normalized spacial score (nSPS) is 17.3. The van der Waals surface area contributed by atoms with Crippen molar-refractivity contribution in [3.05, 3.63) is 23.3 Å².